The van der Waals surface area contributed by atoms with Crippen molar-refractivity contribution in [2.75, 3.05) is 0 Å². The highest BCUT2D eigenvalue weighted by Crippen LogP contribution is 2.29. The lowest BCUT2D eigenvalue weighted by atomic mass is 10.1. The number of ketones is 1. The summed E-state index contributed by atoms with van der Waals surface area (Å²) in [6.07, 6.45) is 1.77. The summed E-state index contributed by atoms with van der Waals surface area (Å²) < 4.78 is 1.97. The van der Waals surface area contributed by atoms with Crippen molar-refractivity contribution >= 4 is 12.1 Å². The maximum Gasteiger partial charge on any atom is 0.209 e. The summed E-state index contributed by atoms with van der Waals surface area (Å²) in [6, 6.07) is 12.9. The molecule has 2 heterocycles. The van der Waals surface area contributed by atoms with Gasteiger partial charge in [0.15, 0.2) is 0 Å². The van der Waals surface area contributed by atoms with Gasteiger partial charge in [-0.15, -0.1) is 0 Å². The number of benzene rings is 1. The van der Waals surface area contributed by atoms with Gasteiger partial charge in [-0.2, -0.15) is 0 Å². The minimum absolute atomic E-state index is 0.0217. The maximum absolute atomic E-state index is 12.4. The lowest BCUT2D eigenvalue weighted by Gasteiger charge is -2.05. The molecule has 0 amide bonds. The van der Waals surface area contributed by atoms with Gasteiger partial charge in [0.05, 0.1) is 11.6 Å². The Morgan fingerprint density at radius 1 is 1.15 bits per heavy atom. The van der Waals surface area contributed by atoms with Crippen molar-refractivity contribution in [2.24, 2.45) is 0 Å². The second-order valence-electron chi connectivity index (χ2n) is 4.52. The predicted molar refractivity (Wildman–Crippen MR) is 79.1 cm³/mol. The van der Waals surface area contributed by atoms with Gasteiger partial charge in [0.2, 0.25) is 5.78 Å². The molecule has 0 bridgehead atoms. The number of aldehydes is 1. The van der Waals surface area contributed by atoms with Crippen LogP contribution in [0.1, 0.15) is 47.9 Å². The van der Waals surface area contributed by atoms with E-state index in [0.29, 0.717) is 11.3 Å². The number of carbonyl (C=O) groups excluding carboxylic acids is 2. The van der Waals surface area contributed by atoms with Crippen LogP contribution in [0.2, 0.25) is 0 Å². The molecule has 0 spiro atoms. The first-order valence-electron chi connectivity index (χ1n) is 7.05. The fourth-order valence-electron chi connectivity index (χ4n) is 2.55. The number of aromatic nitrogens is 1. The van der Waals surface area contributed by atoms with E-state index in [4.69, 9.17) is 0 Å². The molecular weight excluding hydrogens is 250 g/mol. The normalized spacial score (nSPS) is 16.0. The standard InChI is InChI=1S/C15H13NO2.C2H6/c17-10-12-8-9-16-13(12)6-7-14(16)15(18)11-4-2-1-3-5-11;1-2/h1-7,10,12H,8-9H2;1-2H3. The predicted octanol–water partition coefficient (Wildman–Crippen LogP) is 3.43. The summed E-state index contributed by atoms with van der Waals surface area (Å²) in [4.78, 5) is 23.3. The van der Waals surface area contributed by atoms with E-state index >= 15 is 0 Å². The van der Waals surface area contributed by atoms with Crippen LogP contribution in [-0.2, 0) is 11.3 Å². The highest BCUT2D eigenvalue weighted by Gasteiger charge is 2.26. The number of carbonyl (C=O) groups is 2. The first-order chi connectivity index (χ1) is 9.81. The molecule has 1 unspecified atom stereocenters. The second kappa shape index (κ2) is 6.33. The average molecular weight is 269 g/mol. The molecule has 0 saturated carbocycles. The zero-order valence-electron chi connectivity index (χ0n) is 11.9. The van der Waals surface area contributed by atoms with Crippen LogP contribution >= 0.6 is 0 Å². The smallest absolute Gasteiger partial charge is 0.209 e. The van der Waals surface area contributed by atoms with Crippen LogP contribution in [0, 0.1) is 0 Å². The summed E-state index contributed by atoms with van der Waals surface area (Å²) in [5, 5.41) is 0. The topological polar surface area (TPSA) is 39.1 Å². The van der Waals surface area contributed by atoms with Gasteiger partial charge in [-0.05, 0) is 18.6 Å². The molecule has 0 radical (unpaired) electrons. The lowest BCUT2D eigenvalue weighted by molar-refractivity contribution is -0.109. The van der Waals surface area contributed by atoms with Crippen molar-refractivity contribution in [1.82, 2.24) is 4.57 Å². The molecule has 1 aliphatic heterocycles. The fourth-order valence-corrected chi connectivity index (χ4v) is 2.55. The zero-order valence-corrected chi connectivity index (χ0v) is 11.9. The monoisotopic (exact) mass is 269 g/mol. The summed E-state index contributed by atoms with van der Waals surface area (Å²) in [7, 11) is 0. The molecule has 1 aromatic heterocycles. The van der Waals surface area contributed by atoms with E-state index in [1.807, 2.05) is 60.9 Å². The quantitative estimate of drug-likeness (QED) is 0.632. The van der Waals surface area contributed by atoms with Gasteiger partial charge in [-0.25, -0.2) is 0 Å². The van der Waals surface area contributed by atoms with Gasteiger partial charge in [0.1, 0.15) is 6.29 Å². The minimum Gasteiger partial charge on any atom is -0.341 e. The molecule has 3 nitrogen and oxygen atoms in total. The Balaban J connectivity index is 0.000000704. The van der Waals surface area contributed by atoms with Crippen LogP contribution in [0.15, 0.2) is 42.5 Å². The molecule has 1 aliphatic rings. The highest BCUT2D eigenvalue weighted by molar-refractivity contribution is 6.08. The third-order valence-electron chi connectivity index (χ3n) is 3.49. The van der Waals surface area contributed by atoms with Gasteiger partial charge >= 0.3 is 0 Å². The molecule has 0 N–H and O–H groups in total. The second-order valence-corrected chi connectivity index (χ2v) is 4.52. The van der Waals surface area contributed by atoms with Crippen LogP contribution in [0.5, 0.6) is 0 Å². The van der Waals surface area contributed by atoms with Crippen molar-refractivity contribution in [1.29, 1.82) is 0 Å². The zero-order chi connectivity index (χ0) is 14.5. The van der Waals surface area contributed by atoms with Crippen LogP contribution in [0.3, 0.4) is 0 Å². The Labute approximate surface area is 119 Å². The number of nitrogens with zero attached hydrogens (tertiary/aromatic N) is 1. The van der Waals surface area contributed by atoms with Crippen LogP contribution < -0.4 is 0 Å². The van der Waals surface area contributed by atoms with Gasteiger partial charge in [0, 0.05) is 17.8 Å². The molecule has 20 heavy (non-hydrogen) atoms. The van der Waals surface area contributed by atoms with Crippen LogP contribution in [0.25, 0.3) is 0 Å². The van der Waals surface area contributed by atoms with Crippen molar-refractivity contribution in [2.45, 2.75) is 32.7 Å². The van der Waals surface area contributed by atoms with E-state index < -0.39 is 0 Å². The molecule has 104 valence electrons. The molecule has 1 atom stereocenters. The molecule has 2 aromatic rings. The lowest BCUT2D eigenvalue weighted by Crippen LogP contribution is -2.08. The third-order valence-corrected chi connectivity index (χ3v) is 3.49. The van der Waals surface area contributed by atoms with Gasteiger partial charge in [-0.3, -0.25) is 4.79 Å². The van der Waals surface area contributed by atoms with E-state index in [2.05, 4.69) is 0 Å². The van der Waals surface area contributed by atoms with Gasteiger partial charge < -0.3 is 9.36 Å². The maximum atomic E-state index is 12.4. The SMILES string of the molecule is CC.O=CC1CCn2c(C(=O)c3ccccc3)ccc21. The first kappa shape index (κ1) is 14.3. The van der Waals surface area contributed by atoms with E-state index in [0.717, 1.165) is 24.9 Å². The van der Waals surface area contributed by atoms with E-state index in [1.54, 1.807) is 0 Å². The van der Waals surface area contributed by atoms with Crippen molar-refractivity contribution in [3.05, 3.63) is 59.4 Å². The number of hydrogen-bond donors (Lipinski definition) is 0. The Hall–Kier alpha value is -2.16. The Bertz CT molecular complexity index is 599. The fraction of sp³-hybridized carbons (Fsp3) is 0.294. The Morgan fingerprint density at radius 2 is 1.85 bits per heavy atom. The summed E-state index contributed by atoms with van der Waals surface area (Å²) in [6.45, 7) is 4.75. The first-order valence-corrected chi connectivity index (χ1v) is 7.05. The van der Waals surface area contributed by atoms with Crippen LogP contribution in [0.4, 0.5) is 0 Å². The Kier molecular flexibility index (Phi) is 4.51. The van der Waals surface area contributed by atoms with Crippen LogP contribution in [-0.4, -0.2) is 16.6 Å². The van der Waals surface area contributed by atoms with E-state index in [-0.39, 0.29) is 11.7 Å². The molecular formula is C17H19NO2. The van der Waals surface area contributed by atoms with Crippen molar-refractivity contribution in [3.8, 4) is 0 Å². The van der Waals surface area contributed by atoms with Gasteiger partial charge in [-0.1, -0.05) is 44.2 Å². The van der Waals surface area contributed by atoms with E-state index in [1.165, 1.54) is 0 Å². The average Bonchev–Trinajstić information content (AvgIpc) is 3.11. The molecule has 1 aromatic carbocycles. The van der Waals surface area contributed by atoms with E-state index in [9.17, 15) is 9.59 Å². The molecule has 0 fully saturated rings. The number of rotatable bonds is 3. The largest absolute Gasteiger partial charge is 0.341 e. The van der Waals surface area contributed by atoms with Crippen molar-refractivity contribution < 1.29 is 9.59 Å². The third kappa shape index (κ3) is 2.44. The molecule has 3 heteroatoms. The summed E-state index contributed by atoms with van der Waals surface area (Å²) >= 11 is 0. The summed E-state index contributed by atoms with van der Waals surface area (Å²) in [5.74, 6) is -0.0317. The molecule has 3 rings (SSSR count). The van der Waals surface area contributed by atoms with Gasteiger partial charge in [0.25, 0.3) is 0 Å². The number of fused-ring (bicyclic) bond motifs is 1. The number of hydrogen-bond acceptors (Lipinski definition) is 2. The Morgan fingerprint density at radius 3 is 2.50 bits per heavy atom. The molecule has 0 saturated heterocycles. The minimum atomic E-state index is -0.0534. The summed E-state index contributed by atoms with van der Waals surface area (Å²) in [5.41, 5.74) is 2.33. The molecule has 0 aliphatic carbocycles. The highest BCUT2D eigenvalue weighted by atomic mass is 16.1. The van der Waals surface area contributed by atoms with Crippen molar-refractivity contribution in [3.63, 3.8) is 0 Å².